The Balaban J connectivity index is 1.86. The fourth-order valence-corrected chi connectivity index (χ4v) is 3.78. The Hall–Kier alpha value is -2.89. The van der Waals surface area contributed by atoms with Crippen molar-refractivity contribution in [1.29, 1.82) is 0 Å². The van der Waals surface area contributed by atoms with E-state index in [0.29, 0.717) is 12.0 Å². The zero-order valence-electron chi connectivity index (χ0n) is 22.0. The lowest BCUT2D eigenvalue weighted by atomic mass is 10.1. The van der Waals surface area contributed by atoms with Gasteiger partial charge in [-0.2, -0.15) is 0 Å². The summed E-state index contributed by atoms with van der Waals surface area (Å²) in [6.45, 7) is 7.87. The van der Waals surface area contributed by atoms with Crippen LogP contribution in [0.4, 0.5) is 5.69 Å². The van der Waals surface area contributed by atoms with Crippen LogP contribution in [-0.4, -0.2) is 33.1 Å². The maximum atomic E-state index is 12.8. The smallest absolute Gasteiger partial charge is 0.329 e. The van der Waals surface area contributed by atoms with Gasteiger partial charge in [-0.05, 0) is 70.7 Å². The van der Waals surface area contributed by atoms with Crippen LogP contribution in [0, 0.1) is 0 Å². The number of carbonyl (C=O) groups excluding carboxylic acids is 2. The predicted molar refractivity (Wildman–Crippen MR) is 143 cm³/mol. The van der Waals surface area contributed by atoms with E-state index in [2.05, 4.69) is 29.4 Å². The first kappa shape index (κ1) is 28.3. The zero-order valence-corrected chi connectivity index (χ0v) is 22.0. The Bertz CT molecular complexity index is 896. The number of aromatic nitrogens is 2. The molecule has 0 aliphatic carbocycles. The van der Waals surface area contributed by atoms with E-state index in [-0.39, 0.29) is 11.9 Å². The van der Waals surface area contributed by atoms with Crippen molar-refractivity contribution in [2.75, 3.05) is 5.32 Å². The molecular formula is C29H43N3O3. The Kier molecular flexibility index (Phi) is 12.3. The summed E-state index contributed by atoms with van der Waals surface area (Å²) in [6.07, 6.45) is 20.8. The maximum absolute atomic E-state index is 12.8. The lowest BCUT2D eigenvalue weighted by Crippen LogP contribution is -2.36. The maximum Gasteiger partial charge on any atom is 0.329 e. The van der Waals surface area contributed by atoms with Crippen LogP contribution in [0.3, 0.4) is 0 Å². The van der Waals surface area contributed by atoms with Crippen LogP contribution in [0.2, 0.25) is 0 Å². The Morgan fingerprint density at radius 3 is 2.29 bits per heavy atom. The molecule has 0 radical (unpaired) electrons. The van der Waals surface area contributed by atoms with Crippen molar-refractivity contribution < 1.29 is 14.3 Å². The number of allylic oxidation sites excluding steroid dienone is 2. The van der Waals surface area contributed by atoms with E-state index in [4.69, 9.17) is 4.74 Å². The summed E-state index contributed by atoms with van der Waals surface area (Å²) in [5.74, 6) is -0.416. The molecule has 0 bridgehead atoms. The van der Waals surface area contributed by atoms with Gasteiger partial charge in [0, 0.05) is 23.6 Å². The van der Waals surface area contributed by atoms with E-state index >= 15 is 0 Å². The van der Waals surface area contributed by atoms with Crippen LogP contribution in [-0.2, 0) is 9.53 Å². The number of carbonyl (C=O) groups is 2. The van der Waals surface area contributed by atoms with Gasteiger partial charge in [0.1, 0.15) is 18.0 Å². The third kappa shape index (κ3) is 11.4. The number of hydrogen-bond acceptors (Lipinski definition) is 5. The number of esters is 1. The van der Waals surface area contributed by atoms with Crippen molar-refractivity contribution in [2.24, 2.45) is 0 Å². The van der Waals surface area contributed by atoms with Gasteiger partial charge in [-0.15, -0.1) is 0 Å². The zero-order chi connectivity index (χ0) is 25.5. The molecule has 1 N–H and O–H groups in total. The minimum atomic E-state index is -0.551. The molecule has 0 amide bonds. The molecule has 0 fully saturated rings. The summed E-state index contributed by atoms with van der Waals surface area (Å²) in [5.41, 5.74) is 0.774. The molecule has 2 aromatic rings. The van der Waals surface area contributed by atoms with Crippen molar-refractivity contribution >= 4 is 17.6 Å². The molecule has 0 saturated carbocycles. The highest BCUT2D eigenvalue weighted by atomic mass is 16.6. The molecule has 1 aromatic carbocycles. The highest BCUT2D eigenvalue weighted by Crippen LogP contribution is 2.18. The van der Waals surface area contributed by atoms with Gasteiger partial charge in [-0.1, -0.05) is 57.6 Å². The first-order valence-electron chi connectivity index (χ1n) is 13.1. The molecule has 192 valence electrons. The van der Waals surface area contributed by atoms with Gasteiger partial charge in [0.2, 0.25) is 0 Å². The molecule has 35 heavy (non-hydrogen) atoms. The van der Waals surface area contributed by atoms with Gasteiger partial charge < -0.3 is 10.1 Å². The molecule has 0 aliphatic heterocycles. The summed E-state index contributed by atoms with van der Waals surface area (Å²) < 4.78 is 7.08. The van der Waals surface area contributed by atoms with Gasteiger partial charge in [0.25, 0.3) is 5.91 Å². The van der Waals surface area contributed by atoms with Gasteiger partial charge in [-0.25, -0.2) is 9.78 Å². The van der Waals surface area contributed by atoms with Crippen LogP contribution in [0.25, 0.3) is 0 Å². The SMILES string of the molecule is CCCCCCCCC/C=C/CCC(Nc1ccc(C(=O)n2ccnc2)cc1)C(=O)OC(C)(C)C. The van der Waals surface area contributed by atoms with Crippen molar-refractivity contribution in [3.63, 3.8) is 0 Å². The lowest BCUT2D eigenvalue weighted by Gasteiger charge is -2.25. The molecule has 1 heterocycles. The number of benzene rings is 1. The van der Waals surface area contributed by atoms with Crippen LogP contribution in [0.5, 0.6) is 0 Å². The number of nitrogens with one attached hydrogen (secondary N) is 1. The summed E-state index contributed by atoms with van der Waals surface area (Å²) in [7, 11) is 0. The third-order valence-electron chi connectivity index (χ3n) is 5.67. The highest BCUT2D eigenvalue weighted by molar-refractivity contribution is 5.96. The number of hydrogen-bond donors (Lipinski definition) is 1. The molecule has 6 nitrogen and oxygen atoms in total. The number of unbranched alkanes of at least 4 members (excludes halogenated alkanes) is 7. The molecular weight excluding hydrogens is 438 g/mol. The van der Waals surface area contributed by atoms with E-state index in [1.54, 1.807) is 24.5 Å². The van der Waals surface area contributed by atoms with Gasteiger partial charge in [0.05, 0.1) is 0 Å². The Morgan fingerprint density at radius 2 is 1.66 bits per heavy atom. The largest absolute Gasteiger partial charge is 0.458 e. The van der Waals surface area contributed by atoms with Crippen molar-refractivity contribution in [3.05, 3.63) is 60.7 Å². The van der Waals surface area contributed by atoms with E-state index in [0.717, 1.165) is 18.5 Å². The molecule has 1 aromatic heterocycles. The summed E-state index contributed by atoms with van der Waals surface area (Å²) in [5, 5.41) is 3.30. The molecule has 1 atom stereocenters. The molecule has 0 spiro atoms. The van der Waals surface area contributed by atoms with Gasteiger partial charge in [0.15, 0.2) is 0 Å². The van der Waals surface area contributed by atoms with Crippen LogP contribution in [0.15, 0.2) is 55.1 Å². The summed E-state index contributed by atoms with van der Waals surface area (Å²) >= 11 is 0. The fourth-order valence-electron chi connectivity index (χ4n) is 3.78. The highest BCUT2D eigenvalue weighted by Gasteiger charge is 2.24. The average Bonchev–Trinajstić information content (AvgIpc) is 3.35. The Labute approximate surface area is 211 Å². The van der Waals surface area contributed by atoms with Gasteiger partial charge in [-0.3, -0.25) is 9.36 Å². The van der Waals surface area contributed by atoms with E-state index in [1.807, 2.05) is 32.9 Å². The van der Waals surface area contributed by atoms with Crippen LogP contribution < -0.4 is 5.32 Å². The first-order chi connectivity index (χ1) is 16.8. The van der Waals surface area contributed by atoms with E-state index < -0.39 is 11.6 Å². The number of nitrogens with zero attached hydrogens (tertiary/aromatic N) is 2. The van der Waals surface area contributed by atoms with E-state index in [9.17, 15) is 9.59 Å². The number of imidazole rings is 1. The lowest BCUT2D eigenvalue weighted by molar-refractivity contribution is -0.155. The topological polar surface area (TPSA) is 73.2 Å². The van der Waals surface area contributed by atoms with Crippen LogP contribution >= 0.6 is 0 Å². The summed E-state index contributed by atoms with van der Waals surface area (Å²) in [4.78, 5) is 29.2. The second-order valence-electron chi connectivity index (χ2n) is 10.0. The minimum absolute atomic E-state index is 0.149. The standard InChI is InChI=1S/C29H43N3O3/c1-5-6-7-8-9-10-11-12-13-14-15-16-26(28(34)35-29(2,3)4)31-25-19-17-24(18-20-25)27(33)32-22-21-30-23-32/h13-14,17-23,26,31H,5-12,15-16H2,1-4H3/b14-13+. The number of anilines is 1. The normalized spacial score (nSPS) is 12.6. The molecule has 0 saturated heterocycles. The van der Waals surface area contributed by atoms with Crippen molar-refractivity contribution in [1.82, 2.24) is 9.55 Å². The number of rotatable bonds is 15. The third-order valence-corrected chi connectivity index (χ3v) is 5.67. The Morgan fingerprint density at radius 1 is 1.00 bits per heavy atom. The van der Waals surface area contributed by atoms with Gasteiger partial charge >= 0.3 is 5.97 Å². The molecule has 0 aliphatic rings. The molecule has 2 rings (SSSR count). The fraction of sp³-hybridized carbons (Fsp3) is 0.552. The predicted octanol–water partition coefficient (Wildman–Crippen LogP) is 7.17. The minimum Gasteiger partial charge on any atom is -0.458 e. The number of ether oxygens (including phenoxy) is 1. The second-order valence-corrected chi connectivity index (χ2v) is 10.0. The second kappa shape index (κ2) is 15.2. The summed E-state index contributed by atoms with van der Waals surface area (Å²) in [6, 6.07) is 6.67. The molecule has 1 unspecified atom stereocenters. The first-order valence-corrected chi connectivity index (χ1v) is 13.1. The van der Waals surface area contributed by atoms with Crippen molar-refractivity contribution in [3.8, 4) is 0 Å². The van der Waals surface area contributed by atoms with Crippen LogP contribution in [0.1, 0.15) is 102 Å². The van der Waals surface area contributed by atoms with E-state index in [1.165, 1.54) is 55.8 Å². The average molecular weight is 482 g/mol. The quantitative estimate of drug-likeness (QED) is 0.166. The monoisotopic (exact) mass is 481 g/mol. The molecule has 6 heteroatoms. The van der Waals surface area contributed by atoms with Crippen molar-refractivity contribution in [2.45, 2.75) is 104 Å².